The number of amides is 2. The molecule has 5 heteroatoms. The van der Waals surface area contributed by atoms with Gasteiger partial charge in [-0.1, -0.05) is 24.3 Å². The minimum absolute atomic E-state index is 0.226. The van der Waals surface area contributed by atoms with Gasteiger partial charge in [-0.15, -0.1) is 11.6 Å². The van der Waals surface area contributed by atoms with E-state index in [1.165, 1.54) is 0 Å². The predicted octanol–water partition coefficient (Wildman–Crippen LogP) is 1.96. The molecule has 1 heterocycles. The van der Waals surface area contributed by atoms with E-state index in [0.29, 0.717) is 22.1 Å². The number of benzene rings is 2. The van der Waals surface area contributed by atoms with Crippen LogP contribution in [0.3, 0.4) is 0 Å². The first-order valence-corrected chi connectivity index (χ1v) is 6.32. The molecule has 3 rings (SSSR count). The number of carbonyl (C=O) groups is 2. The first-order valence-electron chi connectivity index (χ1n) is 5.89. The number of imide groups is 1. The van der Waals surface area contributed by atoms with Crippen LogP contribution in [-0.2, 0) is 0 Å². The Bertz CT molecular complexity index is 712. The van der Waals surface area contributed by atoms with Crippen LogP contribution in [0.1, 0.15) is 31.7 Å². The van der Waals surface area contributed by atoms with Crippen molar-refractivity contribution in [3.63, 3.8) is 0 Å². The van der Waals surface area contributed by atoms with Crippen LogP contribution in [-0.4, -0.2) is 18.4 Å². The lowest BCUT2D eigenvalue weighted by Gasteiger charge is -2.21. The molecule has 2 amide bonds. The van der Waals surface area contributed by atoms with Crippen LogP contribution in [0.25, 0.3) is 10.8 Å². The van der Waals surface area contributed by atoms with E-state index in [9.17, 15) is 9.59 Å². The Hall–Kier alpha value is -1.91. The van der Waals surface area contributed by atoms with Gasteiger partial charge in [-0.25, -0.2) is 0 Å². The van der Waals surface area contributed by atoms with E-state index in [2.05, 4.69) is 5.32 Å². The number of hydrogen-bond donors (Lipinski definition) is 2. The Morgan fingerprint density at radius 2 is 1.95 bits per heavy atom. The second kappa shape index (κ2) is 4.33. The fourth-order valence-electron chi connectivity index (χ4n) is 2.45. The molecule has 2 aromatic carbocycles. The molecule has 19 heavy (non-hydrogen) atoms. The maximum atomic E-state index is 12.1. The highest BCUT2D eigenvalue weighted by molar-refractivity contribution is 6.28. The van der Waals surface area contributed by atoms with Crippen LogP contribution >= 0.6 is 11.6 Å². The zero-order chi connectivity index (χ0) is 13.6. The molecule has 3 N–H and O–H groups in total. The summed E-state index contributed by atoms with van der Waals surface area (Å²) in [5.74, 6) is -0.789. The lowest BCUT2D eigenvalue weighted by atomic mass is 9.90. The number of alkyl halides is 1. The van der Waals surface area contributed by atoms with Gasteiger partial charge in [0.2, 0.25) is 0 Å². The SMILES string of the molecule is NCC(Cl)c1ccc2cccc3c2c1C(=O)NC3=O. The molecular formula is C14H11ClN2O2. The van der Waals surface area contributed by atoms with E-state index in [0.717, 1.165) is 5.39 Å². The van der Waals surface area contributed by atoms with E-state index in [-0.39, 0.29) is 12.5 Å². The van der Waals surface area contributed by atoms with Crippen LogP contribution in [0.5, 0.6) is 0 Å². The molecule has 1 aliphatic rings. The predicted molar refractivity (Wildman–Crippen MR) is 73.4 cm³/mol. The standard InChI is InChI=1S/C14H11ClN2O2/c15-10(6-16)8-5-4-7-2-1-3-9-11(7)12(8)14(19)17-13(9)18/h1-5,10H,6,16H2,(H,17,18,19). The zero-order valence-electron chi connectivity index (χ0n) is 9.94. The van der Waals surface area contributed by atoms with Crippen molar-refractivity contribution in [2.24, 2.45) is 5.73 Å². The highest BCUT2D eigenvalue weighted by Crippen LogP contribution is 2.33. The molecule has 1 unspecified atom stereocenters. The highest BCUT2D eigenvalue weighted by atomic mass is 35.5. The van der Waals surface area contributed by atoms with Gasteiger partial charge >= 0.3 is 0 Å². The first kappa shape index (κ1) is 12.1. The number of hydrogen-bond acceptors (Lipinski definition) is 3. The molecule has 0 fully saturated rings. The van der Waals surface area contributed by atoms with E-state index >= 15 is 0 Å². The summed E-state index contributed by atoms with van der Waals surface area (Å²) in [6, 6.07) is 9.00. The van der Waals surface area contributed by atoms with Gasteiger partial charge in [-0.2, -0.15) is 0 Å². The molecular weight excluding hydrogens is 264 g/mol. The largest absolute Gasteiger partial charge is 0.329 e. The van der Waals surface area contributed by atoms with Gasteiger partial charge in [0.15, 0.2) is 0 Å². The van der Waals surface area contributed by atoms with Crippen molar-refractivity contribution in [1.29, 1.82) is 0 Å². The lowest BCUT2D eigenvalue weighted by Crippen LogP contribution is -2.35. The Labute approximate surface area is 114 Å². The van der Waals surface area contributed by atoms with Crippen LogP contribution in [0.15, 0.2) is 30.3 Å². The van der Waals surface area contributed by atoms with Crippen LogP contribution in [0, 0.1) is 0 Å². The normalized spacial score (nSPS) is 15.5. The van der Waals surface area contributed by atoms with Gasteiger partial charge < -0.3 is 5.73 Å². The summed E-state index contributed by atoms with van der Waals surface area (Å²) in [6.07, 6.45) is 0. The van der Waals surface area contributed by atoms with Gasteiger partial charge in [0.1, 0.15) is 0 Å². The Balaban J connectivity index is 2.44. The third-order valence-electron chi connectivity index (χ3n) is 3.32. The molecule has 0 aliphatic carbocycles. The van der Waals surface area contributed by atoms with Crippen molar-refractivity contribution in [2.45, 2.75) is 5.38 Å². The van der Waals surface area contributed by atoms with Crippen molar-refractivity contribution in [3.8, 4) is 0 Å². The maximum Gasteiger partial charge on any atom is 0.259 e. The molecule has 4 nitrogen and oxygen atoms in total. The third kappa shape index (κ3) is 1.72. The van der Waals surface area contributed by atoms with Crippen LogP contribution < -0.4 is 11.1 Å². The van der Waals surface area contributed by atoms with E-state index in [1.807, 2.05) is 12.1 Å². The third-order valence-corrected chi connectivity index (χ3v) is 3.73. The Morgan fingerprint density at radius 1 is 1.16 bits per heavy atom. The summed E-state index contributed by atoms with van der Waals surface area (Å²) < 4.78 is 0. The van der Waals surface area contributed by atoms with Gasteiger partial charge in [0.05, 0.1) is 10.9 Å². The van der Waals surface area contributed by atoms with E-state index < -0.39 is 11.3 Å². The van der Waals surface area contributed by atoms with Crippen molar-refractivity contribution in [1.82, 2.24) is 5.32 Å². The summed E-state index contributed by atoms with van der Waals surface area (Å²) in [5.41, 5.74) is 7.18. The molecule has 0 spiro atoms. The number of nitrogens with one attached hydrogen (secondary N) is 1. The van der Waals surface area contributed by atoms with Gasteiger partial charge in [0, 0.05) is 17.5 Å². The molecule has 0 saturated carbocycles. The molecule has 0 bridgehead atoms. The van der Waals surface area contributed by atoms with E-state index in [4.69, 9.17) is 17.3 Å². The van der Waals surface area contributed by atoms with Crippen molar-refractivity contribution in [3.05, 3.63) is 47.0 Å². The van der Waals surface area contributed by atoms with Crippen LogP contribution in [0.4, 0.5) is 0 Å². The fourth-order valence-corrected chi connectivity index (χ4v) is 2.63. The van der Waals surface area contributed by atoms with Crippen molar-refractivity contribution < 1.29 is 9.59 Å². The topological polar surface area (TPSA) is 72.2 Å². The summed E-state index contributed by atoms with van der Waals surface area (Å²) in [7, 11) is 0. The average molecular weight is 275 g/mol. The van der Waals surface area contributed by atoms with Gasteiger partial charge in [-0.05, 0) is 17.0 Å². The van der Waals surface area contributed by atoms with Gasteiger partial charge in [0.25, 0.3) is 11.8 Å². The average Bonchev–Trinajstić information content (AvgIpc) is 2.43. The Morgan fingerprint density at radius 3 is 2.68 bits per heavy atom. The first-order chi connectivity index (χ1) is 9.13. The molecule has 0 aromatic heterocycles. The van der Waals surface area contributed by atoms with E-state index in [1.54, 1.807) is 18.2 Å². The fraction of sp³-hybridized carbons (Fsp3) is 0.143. The number of rotatable bonds is 2. The quantitative estimate of drug-likeness (QED) is 0.649. The maximum absolute atomic E-state index is 12.1. The second-order valence-corrected chi connectivity index (χ2v) is 4.95. The minimum Gasteiger partial charge on any atom is -0.329 e. The number of nitrogens with two attached hydrogens (primary N) is 1. The molecule has 1 aliphatic heterocycles. The molecule has 2 aromatic rings. The summed E-state index contributed by atoms with van der Waals surface area (Å²) >= 11 is 6.16. The summed E-state index contributed by atoms with van der Waals surface area (Å²) in [4.78, 5) is 23.9. The minimum atomic E-state index is -0.452. The summed E-state index contributed by atoms with van der Waals surface area (Å²) in [5, 5.41) is 3.39. The smallest absolute Gasteiger partial charge is 0.259 e. The second-order valence-electron chi connectivity index (χ2n) is 4.42. The Kier molecular flexibility index (Phi) is 2.77. The summed E-state index contributed by atoms with van der Waals surface area (Å²) in [6.45, 7) is 0.226. The van der Waals surface area contributed by atoms with Gasteiger partial charge in [-0.3, -0.25) is 14.9 Å². The van der Waals surface area contributed by atoms with Crippen molar-refractivity contribution in [2.75, 3.05) is 6.54 Å². The molecule has 0 saturated heterocycles. The van der Waals surface area contributed by atoms with Crippen molar-refractivity contribution >= 4 is 34.2 Å². The lowest BCUT2D eigenvalue weighted by molar-refractivity contribution is 0.0844. The number of halogens is 1. The molecule has 0 radical (unpaired) electrons. The zero-order valence-corrected chi connectivity index (χ0v) is 10.7. The number of carbonyl (C=O) groups excluding carboxylic acids is 2. The van der Waals surface area contributed by atoms with Crippen LogP contribution in [0.2, 0.25) is 0 Å². The highest BCUT2D eigenvalue weighted by Gasteiger charge is 2.28. The molecule has 1 atom stereocenters. The monoisotopic (exact) mass is 274 g/mol. The molecule has 96 valence electrons.